The Morgan fingerprint density at radius 2 is 2.05 bits per heavy atom. The Bertz CT molecular complexity index is 413. The molecule has 0 radical (unpaired) electrons. The molecule has 0 fully saturated rings. The van der Waals surface area contributed by atoms with Gasteiger partial charge < -0.3 is 10.1 Å². The van der Waals surface area contributed by atoms with Gasteiger partial charge in [-0.3, -0.25) is 0 Å². The van der Waals surface area contributed by atoms with E-state index >= 15 is 0 Å². The predicted molar refractivity (Wildman–Crippen MR) is 91.5 cm³/mol. The van der Waals surface area contributed by atoms with Crippen LogP contribution in [0.1, 0.15) is 25.8 Å². The number of ether oxygens (including phenoxy) is 1. The number of hydrogen-bond donors (Lipinski definition) is 1. The molecule has 0 amide bonds. The van der Waals surface area contributed by atoms with Crippen LogP contribution in [0.3, 0.4) is 0 Å². The topological polar surface area (TPSA) is 21.3 Å². The number of halogens is 2. The minimum atomic E-state index is 0.586. The van der Waals surface area contributed by atoms with E-state index in [1.54, 1.807) is 6.07 Å². The van der Waals surface area contributed by atoms with Crippen LogP contribution in [0.15, 0.2) is 12.1 Å². The van der Waals surface area contributed by atoms with Gasteiger partial charge >= 0.3 is 0 Å². The molecule has 0 spiro atoms. The first-order valence-electron chi connectivity index (χ1n) is 6.85. The summed E-state index contributed by atoms with van der Waals surface area (Å²) in [6, 6.07) is 3.66. The fraction of sp³-hybridized carbons (Fsp3) is 0.600. The molecule has 0 heterocycles. The first-order valence-corrected chi connectivity index (χ1v) is 9.00. The van der Waals surface area contributed by atoms with Crippen LogP contribution in [0.4, 0.5) is 0 Å². The molecule has 5 heteroatoms. The molecule has 0 aliphatic rings. The van der Waals surface area contributed by atoms with Gasteiger partial charge in [0.1, 0.15) is 5.75 Å². The van der Waals surface area contributed by atoms with Crippen molar-refractivity contribution in [1.29, 1.82) is 0 Å². The molecule has 0 aliphatic heterocycles. The van der Waals surface area contributed by atoms with Gasteiger partial charge in [0.25, 0.3) is 0 Å². The number of rotatable bonds is 9. The maximum absolute atomic E-state index is 6.25. The minimum absolute atomic E-state index is 0.586. The zero-order chi connectivity index (χ0) is 15.0. The Morgan fingerprint density at radius 3 is 2.70 bits per heavy atom. The zero-order valence-electron chi connectivity index (χ0n) is 12.3. The molecule has 0 saturated carbocycles. The maximum atomic E-state index is 6.25. The highest BCUT2D eigenvalue weighted by Gasteiger charge is 2.11. The third-order valence-electron chi connectivity index (χ3n) is 2.69. The lowest BCUT2D eigenvalue weighted by atomic mass is 10.1. The van der Waals surface area contributed by atoms with E-state index in [0.29, 0.717) is 22.6 Å². The van der Waals surface area contributed by atoms with E-state index in [1.807, 2.05) is 17.8 Å². The van der Waals surface area contributed by atoms with Crippen molar-refractivity contribution in [1.82, 2.24) is 5.32 Å². The van der Waals surface area contributed by atoms with Crippen LogP contribution in [-0.4, -0.2) is 25.2 Å². The van der Waals surface area contributed by atoms with E-state index in [4.69, 9.17) is 27.9 Å². The second-order valence-corrected chi connectivity index (χ2v) is 6.92. The summed E-state index contributed by atoms with van der Waals surface area (Å²) in [5.41, 5.74) is 1.02. The molecule has 0 unspecified atom stereocenters. The van der Waals surface area contributed by atoms with E-state index in [0.717, 1.165) is 36.6 Å². The predicted octanol–water partition coefficient (Wildman–Crippen LogP) is 4.87. The van der Waals surface area contributed by atoms with Crippen LogP contribution >= 0.6 is 35.0 Å². The first-order chi connectivity index (χ1) is 9.54. The normalized spacial score (nSPS) is 11.1. The third kappa shape index (κ3) is 6.57. The Balaban J connectivity index is 2.68. The van der Waals surface area contributed by atoms with Crippen molar-refractivity contribution in [3.8, 4) is 5.75 Å². The van der Waals surface area contributed by atoms with Gasteiger partial charge in [-0.1, -0.05) is 37.0 Å². The summed E-state index contributed by atoms with van der Waals surface area (Å²) in [5.74, 6) is 2.45. The van der Waals surface area contributed by atoms with Crippen LogP contribution < -0.4 is 10.1 Å². The molecule has 0 aliphatic carbocycles. The monoisotopic (exact) mass is 335 g/mol. The van der Waals surface area contributed by atoms with Crippen molar-refractivity contribution < 1.29 is 4.74 Å². The van der Waals surface area contributed by atoms with Gasteiger partial charge in [-0.25, -0.2) is 0 Å². The van der Waals surface area contributed by atoms with E-state index in [9.17, 15) is 0 Å². The molecule has 0 aromatic heterocycles. The Kier molecular flexibility index (Phi) is 8.78. The smallest absolute Gasteiger partial charge is 0.142 e. The fourth-order valence-electron chi connectivity index (χ4n) is 1.78. The van der Waals surface area contributed by atoms with Crippen molar-refractivity contribution in [2.45, 2.75) is 26.8 Å². The molecule has 114 valence electrons. The quantitative estimate of drug-likeness (QED) is 0.650. The van der Waals surface area contributed by atoms with Gasteiger partial charge in [0.2, 0.25) is 0 Å². The minimum Gasteiger partial charge on any atom is -0.492 e. The Labute approximate surface area is 136 Å². The lowest BCUT2D eigenvalue weighted by Crippen LogP contribution is -2.19. The molecule has 2 nitrogen and oxygen atoms in total. The summed E-state index contributed by atoms with van der Waals surface area (Å²) in [5, 5.41) is 4.63. The molecule has 1 N–H and O–H groups in total. The molecular weight excluding hydrogens is 313 g/mol. The number of nitrogens with one attached hydrogen (secondary N) is 1. The SMILES string of the molecule is CSCCCOc1c(Cl)cc(Cl)cc1CNCC(C)C. The summed E-state index contributed by atoms with van der Waals surface area (Å²) in [7, 11) is 0. The van der Waals surface area contributed by atoms with Gasteiger partial charge in [0.15, 0.2) is 0 Å². The molecular formula is C15H23Cl2NOS. The van der Waals surface area contributed by atoms with Gasteiger partial charge in [0, 0.05) is 17.1 Å². The zero-order valence-corrected chi connectivity index (χ0v) is 14.7. The maximum Gasteiger partial charge on any atom is 0.142 e. The van der Waals surface area contributed by atoms with Crippen LogP contribution in [0.2, 0.25) is 10.0 Å². The second kappa shape index (κ2) is 9.78. The highest BCUT2D eigenvalue weighted by molar-refractivity contribution is 7.98. The van der Waals surface area contributed by atoms with Crippen molar-refractivity contribution in [2.75, 3.05) is 25.2 Å². The number of benzene rings is 1. The van der Waals surface area contributed by atoms with Gasteiger partial charge in [0.05, 0.1) is 11.6 Å². The van der Waals surface area contributed by atoms with Crippen molar-refractivity contribution in [2.24, 2.45) is 5.92 Å². The van der Waals surface area contributed by atoms with Crippen LogP contribution in [0, 0.1) is 5.92 Å². The van der Waals surface area contributed by atoms with Crippen LogP contribution in [-0.2, 0) is 6.54 Å². The third-order valence-corrected chi connectivity index (χ3v) is 3.89. The fourth-order valence-corrected chi connectivity index (χ4v) is 2.78. The molecule has 0 atom stereocenters. The Hall–Kier alpha value is -0.0900. The van der Waals surface area contributed by atoms with E-state index in [2.05, 4.69) is 25.4 Å². The second-order valence-electron chi connectivity index (χ2n) is 5.10. The van der Waals surface area contributed by atoms with Crippen molar-refractivity contribution in [3.63, 3.8) is 0 Å². The van der Waals surface area contributed by atoms with Crippen molar-refractivity contribution in [3.05, 3.63) is 27.7 Å². The molecule has 1 aromatic rings. The first kappa shape index (κ1) is 18.0. The molecule has 20 heavy (non-hydrogen) atoms. The van der Waals surface area contributed by atoms with Crippen LogP contribution in [0.5, 0.6) is 5.75 Å². The summed E-state index contributed by atoms with van der Waals surface area (Å²) in [6.07, 6.45) is 3.11. The summed E-state index contributed by atoms with van der Waals surface area (Å²) in [6.45, 7) is 6.71. The lowest BCUT2D eigenvalue weighted by molar-refractivity contribution is 0.314. The van der Waals surface area contributed by atoms with Gasteiger partial charge in [-0.15, -0.1) is 0 Å². The molecule has 1 rings (SSSR count). The Morgan fingerprint density at radius 1 is 1.30 bits per heavy atom. The molecule has 1 aromatic carbocycles. The van der Waals surface area contributed by atoms with E-state index in [1.165, 1.54) is 0 Å². The van der Waals surface area contributed by atoms with Crippen LogP contribution in [0.25, 0.3) is 0 Å². The summed E-state index contributed by atoms with van der Waals surface area (Å²) >= 11 is 14.1. The number of thioether (sulfide) groups is 1. The average molecular weight is 336 g/mol. The summed E-state index contributed by atoms with van der Waals surface area (Å²) < 4.78 is 5.84. The standard InChI is InChI=1S/C15H23Cl2NOS/c1-11(2)9-18-10-12-7-13(16)8-14(17)15(12)19-5-4-6-20-3/h7-8,11,18H,4-6,9-10H2,1-3H3. The largest absolute Gasteiger partial charge is 0.492 e. The average Bonchev–Trinajstić information content (AvgIpc) is 2.36. The van der Waals surface area contributed by atoms with Crippen molar-refractivity contribution >= 4 is 35.0 Å². The van der Waals surface area contributed by atoms with Gasteiger partial charge in [-0.05, 0) is 43.0 Å². The summed E-state index contributed by atoms with van der Waals surface area (Å²) in [4.78, 5) is 0. The lowest BCUT2D eigenvalue weighted by Gasteiger charge is -2.15. The van der Waals surface area contributed by atoms with E-state index < -0.39 is 0 Å². The highest BCUT2D eigenvalue weighted by Crippen LogP contribution is 2.32. The highest BCUT2D eigenvalue weighted by atomic mass is 35.5. The molecule has 0 saturated heterocycles. The number of hydrogen-bond acceptors (Lipinski definition) is 3. The van der Waals surface area contributed by atoms with Gasteiger partial charge in [-0.2, -0.15) is 11.8 Å². The van der Waals surface area contributed by atoms with E-state index in [-0.39, 0.29) is 0 Å². The molecule has 0 bridgehead atoms.